The Morgan fingerprint density at radius 3 is 2.74 bits per heavy atom. The normalized spacial score (nSPS) is 12.3. The van der Waals surface area contributed by atoms with Gasteiger partial charge in [-0.15, -0.1) is 0 Å². The molecule has 0 amide bonds. The standard InChI is InChI=1S/C23H18N2O2/c26-20(12-16-9-10-17-5-1-2-6-18(17)11-16)14-25-23-19(13-24-25)15-27-22-8-4-3-7-21(22)23/h1-11,13H,12,14-15H2. The van der Waals surface area contributed by atoms with Crippen molar-refractivity contribution < 1.29 is 9.53 Å². The van der Waals surface area contributed by atoms with Gasteiger partial charge < -0.3 is 4.74 Å². The molecule has 0 saturated carbocycles. The van der Waals surface area contributed by atoms with E-state index in [0.717, 1.165) is 33.5 Å². The summed E-state index contributed by atoms with van der Waals surface area (Å²) in [5, 5.41) is 6.79. The first-order valence-corrected chi connectivity index (χ1v) is 9.04. The van der Waals surface area contributed by atoms with Gasteiger partial charge in [0.25, 0.3) is 0 Å². The zero-order valence-corrected chi connectivity index (χ0v) is 14.8. The highest BCUT2D eigenvalue weighted by Gasteiger charge is 2.22. The molecule has 0 radical (unpaired) electrons. The van der Waals surface area contributed by atoms with Crippen LogP contribution in [0, 0.1) is 0 Å². The minimum atomic E-state index is 0.139. The molecule has 0 atom stereocenters. The van der Waals surface area contributed by atoms with Crippen molar-refractivity contribution in [3.63, 3.8) is 0 Å². The van der Waals surface area contributed by atoms with Gasteiger partial charge in [0.05, 0.1) is 11.9 Å². The van der Waals surface area contributed by atoms with Crippen LogP contribution in [0.1, 0.15) is 11.1 Å². The van der Waals surface area contributed by atoms with Crippen LogP contribution in [0.25, 0.3) is 22.0 Å². The number of hydrogen-bond donors (Lipinski definition) is 0. The average Bonchev–Trinajstić information content (AvgIpc) is 3.11. The number of fused-ring (bicyclic) bond motifs is 4. The molecule has 0 unspecified atom stereocenters. The molecule has 4 heteroatoms. The number of hydrogen-bond acceptors (Lipinski definition) is 3. The number of carbonyl (C=O) groups excluding carboxylic acids is 1. The number of para-hydroxylation sites is 1. The summed E-state index contributed by atoms with van der Waals surface area (Å²) in [6.07, 6.45) is 2.20. The summed E-state index contributed by atoms with van der Waals surface area (Å²) >= 11 is 0. The summed E-state index contributed by atoms with van der Waals surface area (Å²) < 4.78 is 7.57. The minimum Gasteiger partial charge on any atom is -0.488 e. The molecule has 0 saturated heterocycles. The zero-order chi connectivity index (χ0) is 18.2. The smallest absolute Gasteiger partial charge is 0.158 e. The van der Waals surface area contributed by atoms with Gasteiger partial charge in [-0.1, -0.05) is 54.6 Å². The van der Waals surface area contributed by atoms with Crippen LogP contribution >= 0.6 is 0 Å². The Labute approximate surface area is 157 Å². The number of nitrogens with zero attached hydrogens (tertiary/aromatic N) is 2. The van der Waals surface area contributed by atoms with Crippen LogP contribution in [-0.4, -0.2) is 15.6 Å². The quantitative estimate of drug-likeness (QED) is 0.545. The number of benzene rings is 3. The summed E-state index contributed by atoms with van der Waals surface area (Å²) in [5.74, 6) is 0.980. The molecule has 0 N–H and O–H groups in total. The maximum atomic E-state index is 12.7. The van der Waals surface area contributed by atoms with Crippen molar-refractivity contribution in [1.82, 2.24) is 9.78 Å². The van der Waals surface area contributed by atoms with Gasteiger partial charge in [-0.05, 0) is 28.5 Å². The molecule has 1 aromatic heterocycles. The fourth-order valence-corrected chi connectivity index (χ4v) is 3.70. The molecular weight excluding hydrogens is 336 g/mol. The van der Waals surface area contributed by atoms with Crippen LogP contribution in [0.15, 0.2) is 72.9 Å². The molecule has 0 bridgehead atoms. The number of ether oxygens (including phenoxy) is 1. The summed E-state index contributed by atoms with van der Waals surface area (Å²) in [4.78, 5) is 12.7. The van der Waals surface area contributed by atoms with Crippen molar-refractivity contribution in [2.75, 3.05) is 0 Å². The van der Waals surface area contributed by atoms with E-state index in [-0.39, 0.29) is 12.3 Å². The summed E-state index contributed by atoms with van der Waals surface area (Å²) in [5.41, 5.74) is 4.04. The van der Waals surface area contributed by atoms with Crippen LogP contribution in [0.4, 0.5) is 0 Å². The third-order valence-corrected chi connectivity index (χ3v) is 4.98. The molecule has 2 heterocycles. The van der Waals surface area contributed by atoms with Gasteiger partial charge in [0, 0.05) is 17.5 Å². The van der Waals surface area contributed by atoms with Gasteiger partial charge >= 0.3 is 0 Å². The van der Waals surface area contributed by atoms with E-state index in [1.54, 1.807) is 10.9 Å². The third kappa shape index (κ3) is 2.89. The number of ketones is 1. The molecule has 27 heavy (non-hydrogen) atoms. The molecule has 0 aliphatic carbocycles. The van der Waals surface area contributed by atoms with E-state index in [1.807, 2.05) is 42.5 Å². The summed E-state index contributed by atoms with van der Waals surface area (Å²) in [6, 6.07) is 22.3. The Morgan fingerprint density at radius 1 is 1.00 bits per heavy atom. The van der Waals surface area contributed by atoms with E-state index in [0.29, 0.717) is 13.0 Å². The van der Waals surface area contributed by atoms with E-state index in [1.165, 1.54) is 5.39 Å². The lowest BCUT2D eigenvalue weighted by molar-refractivity contribution is -0.119. The lowest BCUT2D eigenvalue weighted by Crippen LogP contribution is -2.16. The van der Waals surface area contributed by atoms with Gasteiger partial charge in [0.2, 0.25) is 0 Å². The maximum Gasteiger partial charge on any atom is 0.158 e. The molecule has 1 aliphatic heterocycles. The van der Waals surface area contributed by atoms with Crippen molar-refractivity contribution in [1.29, 1.82) is 0 Å². The second-order valence-electron chi connectivity index (χ2n) is 6.86. The minimum absolute atomic E-state index is 0.139. The average molecular weight is 354 g/mol. The van der Waals surface area contributed by atoms with Crippen molar-refractivity contribution >= 4 is 16.6 Å². The SMILES string of the molecule is O=C(Cc1ccc2ccccc2c1)Cn1ncc2c1-c1ccccc1OC2. The first-order valence-electron chi connectivity index (χ1n) is 9.04. The fraction of sp³-hybridized carbons (Fsp3) is 0.130. The molecule has 0 fully saturated rings. The van der Waals surface area contributed by atoms with E-state index in [2.05, 4.69) is 29.4 Å². The first kappa shape index (κ1) is 15.8. The third-order valence-electron chi connectivity index (χ3n) is 4.98. The summed E-state index contributed by atoms with van der Waals surface area (Å²) in [6.45, 7) is 0.752. The van der Waals surface area contributed by atoms with Crippen LogP contribution in [0.3, 0.4) is 0 Å². The molecule has 4 aromatic rings. The van der Waals surface area contributed by atoms with Crippen molar-refractivity contribution in [2.45, 2.75) is 19.6 Å². The first-order chi connectivity index (χ1) is 13.3. The van der Waals surface area contributed by atoms with Gasteiger partial charge in [0.15, 0.2) is 5.78 Å². The Hall–Kier alpha value is -3.40. The monoisotopic (exact) mass is 354 g/mol. The fourth-order valence-electron chi connectivity index (χ4n) is 3.70. The number of carbonyl (C=O) groups is 1. The van der Waals surface area contributed by atoms with Gasteiger partial charge in [0.1, 0.15) is 18.9 Å². The van der Waals surface area contributed by atoms with Crippen molar-refractivity contribution in [2.24, 2.45) is 0 Å². The molecule has 1 aliphatic rings. The lowest BCUT2D eigenvalue weighted by atomic mass is 10.0. The van der Waals surface area contributed by atoms with Crippen LogP contribution in [0.5, 0.6) is 5.75 Å². The van der Waals surface area contributed by atoms with Crippen LogP contribution in [-0.2, 0) is 24.4 Å². The lowest BCUT2D eigenvalue weighted by Gasteiger charge is -2.19. The van der Waals surface area contributed by atoms with E-state index < -0.39 is 0 Å². The molecule has 0 spiro atoms. The Balaban J connectivity index is 1.40. The van der Waals surface area contributed by atoms with Crippen LogP contribution in [0.2, 0.25) is 0 Å². The Kier molecular flexibility index (Phi) is 3.75. The van der Waals surface area contributed by atoms with Gasteiger partial charge in [-0.3, -0.25) is 9.48 Å². The highest BCUT2D eigenvalue weighted by Crippen LogP contribution is 2.37. The summed E-state index contributed by atoms with van der Waals surface area (Å²) in [7, 11) is 0. The van der Waals surface area contributed by atoms with Crippen LogP contribution < -0.4 is 4.74 Å². The van der Waals surface area contributed by atoms with E-state index >= 15 is 0 Å². The van der Waals surface area contributed by atoms with Gasteiger partial charge in [-0.25, -0.2) is 0 Å². The molecule has 4 nitrogen and oxygen atoms in total. The molecule has 132 valence electrons. The van der Waals surface area contributed by atoms with Crippen molar-refractivity contribution in [3.8, 4) is 17.0 Å². The van der Waals surface area contributed by atoms with Crippen molar-refractivity contribution in [3.05, 3.63) is 84.1 Å². The number of aromatic nitrogens is 2. The predicted octanol–water partition coefficient (Wildman–Crippen LogP) is 4.41. The molecular formula is C23H18N2O2. The molecule has 3 aromatic carbocycles. The zero-order valence-electron chi connectivity index (χ0n) is 14.8. The topological polar surface area (TPSA) is 44.1 Å². The number of Topliss-reactive ketones (excluding diaryl/α,β-unsaturated/α-hetero) is 1. The van der Waals surface area contributed by atoms with E-state index in [9.17, 15) is 4.79 Å². The second kappa shape index (κ2) is 6.40. The Bertz CT molecular complexity index is 1160. The highest BCUT2D eigenvalue weighted by molar-refractivity contribution is 5.86. The van der Waals surface area contributed by atoms with Gasteiger partial charge in [-0.2, -0.15) is 5.10 Å². The number of rotatable bonds is 4. The largest absolute Gasteiger partial charge is 0.488 e. The Morgan fingerprint density at radius 2 is 1.81 bits per heavy atom. The molecule has 5 rings (SSSR count). The predicted molar refractivity (Wildman–Crippen MR) is 105 cm³/mol. The maximum absolute atomic E-state index is 12.7. The second-order valence-corrected chi connectivity index (χ2v) is 6.86. The van der Waals surface area contributed by atoms with E-state index in [4.69, 9.17) is 4.74 Å². The highest BCUT2D eigenvalue weighted by atomic mass is 16.5.